The molecule has 3 rings (SSSR count). The van der Waals surface area contributed by atoms with Crippen molar-refractivity contribution < 1.29 is 14.4 Å². The van der Waals surface area contributed by atoms with Crippen LogP contribution < -0.4 is 5.32 Å². The molecule has 1 atom stereocenters. The van der Waals surface area contributed by atoms with Gasteiger partial charge < -0.3 is 15.1 Å². The summed E-state index contributed by atoms with van der Waals surface area (Å²) in [5.41, 5.74) is 2.86. The van der Waals surface area contributed by atoms with Crippen molar-refractivity contribution in [2.75, 3.05) is 25.0 Å². The summed E-state index contributed by atoms with van der Waals surface area (Å²) in [6.45, 7) is 5.30. The average molecular weight is 379 g/mol. The van der Waals surface area contributed by atoms with Gasteiger partial charge in [0.05, 0.1) is 5.92 Å². The first-order chi connectivity index (χ1) is 13.4. The summed E-state index contributed by atoms with van der Waals surface area (Å²) < 4.78 is 0. The molecule has 0 radical (unpaired) electrons. The quantitative estimate of drug-likeness (QED) is 0.784. The van der Waals surface area contributed by atoms with Crippen LogP contribution in [0.25, 0.3) is 0 Å². The first-order valence-corrected chi connectivity index (χ1v) is 9.43. The fourth-order valence-electron chi connectivity index (χ4n) is 3.15. The minimum Gasteiger partial charge on any atom is -0.332 e. The Morgan fingerprint density at radius 1 is 0.964 bits per heavy atom. The Hall–Kier alpha value is -3.15. The molecule has 0 saturated carbocycles. The molecule has 2 aromatic rings. The van der Waals surface area contributed by atoms with Crippen molar-refractivity contribution in [3.8, 4) is 0 Å². The number of piperazine rings is 1. The summed E-state index contributed by atoms with van der Waals surface area (Å²) in [7, 11) is 0. The van der Waals surface area contributed by atoms with E-state index in [1.165, 1.54) is 4.90 Å². The number of carbonyl (C=O) groups is 3. The molecule has 0 aliphatic carbocycles. The second-order valence-electron chi connectivity index (χ2n) is 7.22. The number of benzene rings is 2. The highest BCUT2D eigenvalue weighted by molar-refractivity contribution is 6.35. The zero-order valence-corrected chi connectivity index (χ0v) is 16.2. The van der Waals surface area contributed by atoms with Crippen LogP contribution in [0.15, 0.2) is 54.6 Å². The van der Waals surface area contributed by atoms with Crippen LogP contribution in [-0.4, -0.2) is 47.2 Å². The van der Waals surface area contributed by atoms with E-state index in [4.69, 9.17) is 0 Å². The third-order valence-corrected chi connectivity index (χ3v) is 4.87. The van der Waals surface area contributed by atoms with E-state index in [1.807, 2.05) is 61.5 Å². The van der Waals surface area contributed by atoms with E-state index in [2.05, 4.69) is 5.32 Å². The highest BCUT2D eigenvalue weighted by Gasteiger charge is 2.33. The lowest BCUT2D eigenvalue weighted by Gasteiger charge is -2.34. The van der Waals surface area contributed by atoms with Crippen LogP contribution in [0.1, 0.15) is 18.1 Å². The van der Waals surface area contributed by atoms with Crippen LogP contribution in [0.4, 0.5) is 5.69 Å². The van der Waals surface area contributed by atoms with Gasteiger partial charge >= 0.3 is 11.8 Å². The highest BCUT2D eigenvalue weighted by atomic mass is 16.2. The topological polar surface area (TPSA) is 69.7 Å². The van der Waals surface area contributed by atoms with Gasteiger partial charge in [-0.05, 0) is 24.6 Å². The summed E-state index contributed by atoms with van der Waals surface area (Å²) in [5, 5.41) is 2.83. The second kappa shape index (κ2) is 8.69. The zero-order chi connectivity index (χ0) is 20.1. The maximum Gasteiger partial charge on any atom is 0.312 e. The van der Waals surface area contributed by atoms with E-state index in [1.54, 1.807) is 11.8 Å². The van der Waals surface area contributed by atoms with E-state index < -0.39 is 17.7 Å². The number of amides is 3. The molecular weight excluding hydrogens is 354 g/mol. The largest absolute Gasteiger partial charge is 0.332 e. The molecule has 1 unspecified atom stereocenters. The molecule has 1 N–H and O–H groups in total. The van der Waals surface area contributed by atoms with Crippen molar-refractivity contribution in [3.63, 3.8) is 0 Å². The monoisotopic (exact) mass is 379 g/mol. The lowest BCUT2D eigenvalue weighted by Crippen LogP contribution is -2.55. The number of nitrogens with zero attached hydrogens (tertiary/aromatic N) is 2. The maximum atomic E-state index is 12.5. The second-order valence-corrected chi connectivity index (χ2v) is 7.22. The number of hydrogen-bond acceptors (Lipinski definition) is 3. The molecule has 6 heteroatoms. The van der Waals surface area contributed by atoms with Crippen LogP contribution in [0.5, 0.6) is 0 Å². The number of aryl methyl sites for hydroxylation is 1. The van der Waals surface area contributed by atoms with Gasteiger partial charge in [0.1, 0.15) is 0 Å². The van der Waals surface area contributed by atoms with E-state index in [-0.39, 0.29) is 12.5 Å². The third-order valence-electron chi connectivity index (χ3n) is 4.87. The number of anilines is 1. The summed E-state index contributed by atoms with van der Waals surface area (Å²) in [6, 6.07) is 17.1. The summed E-state index contributed by atoms with van der Waals surface area (Å²) in [6.07, 6.45) is 0. The van der Waals surface area contributed by atoms with E-state index in [9.17, 15) is 14.4 Å². The van der Waals surface area contributed by atoms with Gasteiger partial charge in [-0.1, -0.05) is 55.0 Å². The maximum absolute atomic E-state index is 12.5. The average Bonchev–Trinajstić information content (AvgIpc) is 2.70. The standard InChI is InChI=1S/C22H25N3O3/c1-16-8-10-18(11-9-16)15-25-13-12-24(21(27)22(25)28)14-17(2)20(26)23-19-6-4-3-5-7-19/h3-11,17H,12-15H2,1-2H3,(H,23,26). The number of carbonyl (C=O) groups excluding carboxylic acids is 3. The molecule has 0 bridgehead atoms. The smallest absolute Gasteiger partial charge is 0.312 e. The van der Waals surface area contributed by atoms with Gasteiger partial charge in [0, 0.05) is 31.9 Å². The first kappa shape index (κ1) is 19.6. The Bertz CT molecular complexity index is 849. The predicted octanol–water partition coefficient (Wildman–Crippen LogP) is 2.44. The molecule has 146 valence electrons. The van der Waals surface area contributed by atoms with Crippen LogP contribution in [-0.2, 0) is 20.9 Å². The summed E-state index contributed by atoms with van der Waals surface area (Å²) in [4.78, 5) is 40.4. The van der Waals surface area contributed by atoms with Gasteiger partial charge in [0.2, 0.25) is 5.91 Å². The number of hydrogen-bond donors (Lipinski definition) is 1. The molecule has 2 aromatic carbocycles. The molecule has 1 aliphatic rings. The number of nitrogens with one attached hydrogen (secondary N) is 1. The van der Waals surface area contributed by atoms with Gasteiger partial charge in [0.15, 0.2) is 0 Å². The molecule has 0 spiro atoms. The summed E-state index contributed by atoms with van der Waals surface area (Å²) >= 11 is 0. The minimum atomic E-state index is -0.544. The Labute approximate surface area is 165 Å². The molecule has 3 amide bonds. The van der Waals surface area contributed by atoms with Crippen molar-refractivity contribution in [2.45, 2.75) is 20.4 Å². The van der Waals surface area contributed by atoms with Gasteiger partial charge in [0.25, 0.3) is 0 Å². The molecule has 1 fully saturated rings. The van der Waals surface area contributed by atoms with Gasteiger partial charge in [-0.3, -0.25) is 14.4 Å². The Balaban J connectivity index is 1.55. The fraction of sp³-hybridized carbons (Fsp3) is 0.318. The molecule has 1 heterocycles. The van der Waals surface area contributed by atoms with E-state index in [0.717, 1.165) is 11.1 Å². The Kier molecular flexibility index (Phi) is 6.09. The van der Waals surface area contributed by atoms with Crippen molar-refractivity contribution in [1.29, 1.82) is 0 Å². The lowest BCUT2D eigenvalue weighted by molar-refractivity contribution is -0.157. The highest BCUT2D eigenvalue weighted by Crippen LogP contribution is 2.14. The molecule has 6 nitrogen and oxygen atoms in total. The molecule has 1 aliphatic heterocycles. The predicted molar refractivity (Wildman–Crippen MR) is 107 cm³/mol. The molecule has 0 aromatic heterocycles. The van der Waals surface area contributed by atoms with Gasteiger partial charge in [-0.15, -0.1) is 0 Å². The van der Waals surface area contributed by atoms with E-state index >= 15 is 0 Å². The van der Waals surface area contributed by atoms with Crippen LogP contribution in [0, 0.1) is 12.8 Å². The van der Waals surface area contributed by atoms with Crippen molar-refractivity contribution in [1.82, 2.24) is 9.80 Å². The zero-order valence-electron chi connectivity index (χ0n) is 16.2. The normalized spacial score (nSPS) is 15.5. The van der Waals surface area contributed by atoms with Crippen LogP contribution in [0.2, 0.25) is 0 Å². The summed E-state index contributed by atoms with van der Waals surface area (Å²) in [5.74, 6) is -1.64. The van der Waals surface area contributed by atoms with Crippen LogP contribution >= 0.6 is 0 Å². The van der Waals surface area contributed by atoms with Crippen molar-refractivity contribution in [3.05, 3.63) is 65.7 Å². The molecule has 28 heavy (non-hydrogen) atoms. The minimum absolute atomic E-state index is 0.173. The van der Waals surface area contributed by atoms with Crippen molar-refractivity contribution >= 4 is 23.4 Å². The Morgan fingerprint density at radius 3 is 2.25 bits per heavy atom. The number of rotatable bonds is 6. The number of para-hydroxylation sites is 1. The molecule has 1 saturated heterocycles. The fourth-order valence-corrected chi connectivity index (χ4v) is 3.15. The Morgan fingerprint density at radius 2 is 1.57 bits per heavy atom. The SMILES string of the molecule is Cc1ccc(CN2CCN(CC(C)C(=O)Nc3ccccc3)C(=O)C2=O)cc1. The molecular formula is C22H25N3O3. The van der Waals surface area contributed by atoms with Gasteiger partial charge in [-0.2, -0.15) is 0 Å². The third kappa shape index (κ3) is 4.76. The first-order valence-electron chi connectivity index (χ1n) is 9.43. The van der Waals surface area contributed by atoms with Crippen LogP contribution in [0.3, 0.4) is 0 Å². The lowest BCUT2D eigenvalue weighted by atomic mass is 10.1. The van der Waals surface area contributed by atoms with Gasteiger partial charge in [-0.25, -0.2) is 0 Å². The van der Waals surface area contributed by atoms with E-state index in [0.29, 0.717) is 25.3 Å². The van der Waals surface area contributed by atoms with Crippen molar-refractivity contribution in [2.24, 2.45) is 5.92 Å².